The lowest BCUT2D eigenvalue weighted by Gasteiger charge is -2.23. The lowest BCUT2D eigenvalue weighted by molar-refractivity contribution is -0.140. The molecular formula is C10H21N3O3. The van der Waals surface area contributed by atoms with Gasteiger partial charge >= 0.3 is 12.0 Å². The Morgan fingerprint density at radius 1 is 1.38 bits per heavy atom. The number of likely N-dealkylation sites (N-methyl/N-ethyl adjacent to an activating group) is 2. The van der Waals surface area contributed by atoms with Gasteiger partial charge in [-0.2, -0.15) is 0 Å². The van der Waals surface area contributed by atoms with Crippen molar-refractivity contribution in [3.63, 3.8) is 0 Å². The average Bonchev–Trinajstić information content (AvgIpc) is 2.20. The van der Waals surface area contributed by atoms with E-state index in [0.29, 0.717) is 13.1 Å². The molecule has 1 atom stereocenters. The number of nitrogens with zero attached hydrogens (tertiary/aromatic N) is 1. The van der Waals surface area contributed by atoms with E-state index in [1.807, 2.05) is 0 Å². The van der Waals surface area contributed by atoms with Gasteiger partial charge in [0.15, 0.2) is 0 Å². The van der Waals surface area contributed by atoms with Gasteiger partial charge in [-0.3, -0.25) is 0 Å². The normalized spacial score (nSPS) is 12.3. The molecular weight excluding hydrogens is 210 g/mol. The Bertz CT molecular complexity index is 243. The van der Waals surface area contributed by atoms with Crippen LogP contribution in [-0.2, 0) is 4.79 Å². The molecule has 0 bridgehead atoms. The van der Waals surface area contributed by atoms with Crippen molar-refractivity contribution in [3.8, 4) is 0 Å². The number of amides is 2. The smallest absolute Gasteiger partial charge is 0.326 e. The number of nitrogens with one attached hydrogen (secondary N) is 2. The zero-order valence-electron chi connectivity index (χ0n) is 10.3. The minimum absolute atomic E-state index is 0.140. The maximum atomic E-state index is 11.6. The van der Waals surface area contributed by atoms with Gasteiger partial charge in [-0.25, -0.2) is 9.59 Å². The molecule has 0 fully saturated rings. The quantitative estimate of drug-likeness (QED) is 0.599. The summed E-state index contributed by atoms with van der Waals surface area (Å²) < 4.78 is 0. The number of aliphatic carboxylic acids is 1. The van der Waals surface area contributed by atoms with Gasteiger partial charge in [-0.05, 0) is 13.0 Å². The molecule has 3 N–H and O–H groups in total. The van der Waals surface area contributed by atoms with Gasteiger partial charge in [0, 0.05) is 20.1 Å². The minimum Gasteiger partial charge on any atom is -0.480 e. The van der Waals surface area contributed by atoms with Crippen molar-refractivity contribution in [1.29, 1.82) is 0 Å². The third kappa shape index (κ3) is 4.97. The fourth-order valence-electron chi connectivity index (χ4n) is 1.14. The van der Waals surface area contributed by atoms with E-state index in [1.54, 1.807) is 27.9 Å². The molecule has 0 saturated carbocycles. The molecule has 0 radical (unpaired) electrons. The monoisotopic (exact) mass is 231 g/mol. The maximum Gasteiger partial charge on any atom is 0.326 e. The van der Waals surface area contributed by atoms with Crippen molar-refractivity contribution in [3.05, 3.63) is 0 Å². The van der Waals surface area contributed by atoms with Crippen molar-refractivity contribution in [2.24, 2.45) is 5.92 Å². The Kier molecular flexibility index (Phi) is 6.48. The summed E-state index contributed by atoms with van der Waals surface area (Å²) in [7, 11) is 3.42. The fourth-order valence-corrected chi connectivity index (χ4v) is 1.14. The van der Waals surface area contributed by atoms with Crippen LogP contribution in [0.15, 0.2) is 0 Å². The first-order chi connectivity index (χ1) is 7.40. The van der Waals surface area contributed by atoms with Crippen molar-refractivity contribution < 1.29 is 14.7 Å². The number of rotatable bonds is 6. The molecule has 0 saturated heterocycles. The van der Waals surface area contributed by atoms with Crippen LogP contribution in [-0.4, -0.2) is 55.2 Å². The first-order valence-corrected chi connectivity index (χ1v) is 5.29. The second-order valence-corrected chi connectivity index (χ2v) is 4.03. The Hall–Kier alpha value is -1.30. The number of carboxylic acids is 1. The van der Waals surface area contributed by atoms with Gasteiger partial charge in [-0.15, -0.1) is 0 Å². The predicted octanol–water partition coefficient (Wildman–Crippen LogP) is -0.0436. The highest BCUT2D eigenvalue weighted by Gasteiger charge is 2.24. The summed E-state index contributed by atoms with van der Waals surface area (Å²) in [6.45, 7) is 4.72. The number of hydrogen-bond donors (Lipinski definition) is 3. The first kappa shape index (κ1) is 14.7. The average molecular weight is 231 g/mol. The molecule has 6 nitrogen and oxygen atoms in total. The fraction of sp³-hybridized carbons (Fsp3) is 0.800. The van der Waals surface area contributed by atoms with Gasteiger partial charge < -0.3 is 20.6 Å². The summed E-state index contributed by atoms with van der Waals surface area (Å²) in [6, 6.07) is -1.21. The summed E-state index contributed by atoms with van der Waals surface area (Å²) >= 11 is 0. The van der Waals surface area contributed by atoms with E-state index in [4.69, 9.17) is 5.11 Å². The molecule has 0 spiro atoms. The topological polar surface area (TPSA) is 81.7 Å². The van der Waals surface area contributed by atoms with Crippen LogP contribution in [0.4, 0.5) is 4.79 Å². The molecule has 0 heterocycles. The van der Waals surface area contributed by atoms with Crippen LogP contribution in [0.3, 0.4) is 0 Å². The van der Waals surface area contributed by atoms with Gasteiger partial charge in [0.1, 0.15) is 6.04 Å². The molecule has 0 aromatic heterocycles. The van der Waals surface area contributed by atoms with E-state index in [0.717, 1.165) is 0 Å². The number of carbonyl (C=O) groups is 2. The predicted molar refractivity (Wildman–Crippen MR) is 61.4 cm³/mol. The van der Waals surface area contributed by atoms with Crippen LogP contribution >= 0.6 is 0 Å². The van der Waals surface area contributed by atoms with E-state index in [9.17, 15) is 9.59 Å². The molecule has 0 aliphatic rings. The van der Waals surface area contributed by atoms with Gasteiger partial charge in [-0.1, -0.05) is 13.8 Å². The second-order valence-electron chi connectivity index (χ2n) is 4.03. The number of carboxylic acid groups (broad SMARTS) is 1. The molecule has 0 aliphatic heterocycles. The Labute approximate surface area is 96.0 Å². The number of carbonyl (C=O) groups excluding carboxylic acids is 1. The Morgan fingerprint density at radius 2 is 1.94 bits per heavy atom. The van der Waals surface area contributed by atoms with Crippen LogP contribution in [0, 0.1) is 5.92 Å². The summed E-state index contributed by atoms with van der Waals surface area (Å²) in [5.41, 5.74) is 0. The van der Waals surface area contributed by atoms with Crippen molar-refractivity contribution in [1.82, 2.24) is 15.5 Å². The highest BCUT2D eigenvalue weighted by molar-refractivity contribution is 5.82. The van der Waals surface area contributed by atoms with Crippen LogP contribution < -0.4 is 10.6 Å². The SMILES string of the molecule is CNCCN(C)C(=O)N[C@H](C(=O)O)C(C)C. The summed E-state index contributed by atoms with van der Waals surface area (Å²) in [4.78, 5) is 23.9. The van der Waals surface area contributed by atoms with Gasteiger partial charge in [0.05, 0.1) is 0 Å². The number of hydrogen-bond acceptors (Lipinski definition) is 3. The second kappa shape index (κ2) is 7.05. The van der Waals surface area contributed by atoms with Crippen molar-refractivity contribution in [2.45, 2.75) is 19.9 Å². The van der Waals surface area contributed by atoms with E-state index in [1.165, 1.54) is 4.90 Å². The van der Waals surface area contributed by atoms with Crippen LogP contribution in [0.2, 0.25) is 0 Å². The van der Waals surface area contributed by atoms with Crippen LogP contribution in [0.1, 0.15) is 13.8 Å². The Balaban J connectivity index is 4.24. The van der Waals surface area contributed by atoms with E-state index >= 15 is 0 Å². The summed E-state index contributed by atoms with van der Waals surface area (Å²) in [5, 5.41) is 14.3. The molecule has 94 valence electrons. The highest BCUT2D eigenvalue weighted by atomic mass is 16.4. The van der Waals surface area contributed by atoms with Gasteiger partial charge in [0.25, 0.3) is 0 Å². The molecule has 6 heteroatoms. The largest absolute Gasteiger partial charge is 0.480 e. The van der Waals surface area contributed by atoms with Gasteiger partial charge in [0.2, 0.25) is 0 Å². The Morgan fingerprint density at radius 3 is 2.31 bits per heavy atom. The lowest BCUT2D eigenvalue weighted by Crippen LogP contribution is -2.50. The zero-order valence-corrected chi connectivity index (χ0v) is 10.3. The standard InChI is InChI=1S/C10H21N3O3/c1-7(2)8(9(14)15)12-10(16)13(4)6-5-11-3/h7-8,11H,5-6H2,1-4H3,(H,12,16)(H,14,15)/t8-/m0/s1. The van der Waals surface area contributed by atoms with E-state index in [2.05, 4.69) is 10.6 Å². The maximum absolute atomic E-state index is 11.6. The summed E-state index contributed by atoms with van der Waals surface area (Å²) in [5.74, 6) is -1.15. The molecule has 0 aromatic rings. The van der Waals surface area contributed by atoms with E-state index in [-0.39, 0.29) is 11.9 Å². The minimum atomic E-state index is -1.01. The molecule has 0 unspecified atom stereocenters. The molecule has 0 aromatic carbocycles. The zero-order chi connectivity index (χ0) is 12.7. The third-order valence-corrected chi connectivity index (χ3v) is 2.26. The first-order valence-electron chi connectivity index (χ1n) is 5.29. The molecule has 0 aliphatic carbocycles. The van der Waals surface area contributed by atoms with Crippen LogP contribution in [0.25, 0.3) is 0 Å². The number of urea groups is 1. The summed E-state index contributed by atoms with van der Waals surface area (Å²) in [6.07, 6.45) is 0. The molecule has 16 heavy (non-hydrogen) atoms. The highest BCUT2D eigenvalue weighted by Crippen LogP contribution is 2.02. The van der Waals surface area contributed by atoms with E-state index < -0.39 is 12.0 Å². The molecule has 2 amide bonds. The van der Waals surface area contributed by atoms with Crippen molar-refractivity contribution in [2.75, 3.05) is 27.2 Å². The van der Waals surface area contributed by atoms with Crippen molar-refractivity contribution >= 4 is 12.0 Å². The molecule has 0 rings (SSSR count). The third-order valence-electron chi connectivity index (χ3n) is 2.26. The lowest BCUT2D eigenvalue weighted by atomic mass is 10.1. The van der Waals surface area contributed by atoms with Crippen LogP contribution in [0.5, 0.6) is 0 Å².